The van der Waals surface area contributed by atoms with Gasteiger partial charge in [0.25, 0.3) is 5.91 Å². The number of H-pyrrole nitrogens is 1. The number of aromatic amines is 1. The minimum absolute atomic E-state index is 0.0640. The van der Waals surface area contributed by atoms with Gasteiger partial charge in [-0.25, -0.2) is 4.98 Å². The second-order valence-corrected chi connectivity index (χ2v) is 7.12. The Balaban J connectivity index is 1.27. The molecule has 3 atom stereocenters. The zero-order valence-electron chi connectivity index (χ0n) is 14.5. The largest absolute Gasteiger partial charge is 0.355 e. The number of carbonyl (C=O) groups excluding carboxylic acids is 3. The summed E-state index contributed by atoms with van der Waals surface area (Å²) < 4.78 is 0. The van der Waals surface area contributed by atoms with Gasteiger partial charge in [-0.3, -0.25) is 14.4 Å². The minimum atomic E-state index is -0.281. The molecule has 2 aliphatic rings. The van der Waals surface area contributed by atoms with Crippen LogP contribution >= 0.6 is 0 Å². The van der Waals surface area contributed by atoms with Crippen molar-refractivity contribution >= 4 is 28.8 Å². The molecule has 0 radical (unpaired) electrons. The van der Waals surface area contributed by atoms with E-state index in [9.17, 15) is 14.4 Å². The van der Waals surface area contributed by atoms with Crippen molar-refractivity contribution in [2.45, 2.75) is 25.8 Å². The highest BCUT2D eigenvalue weighted by atomic mass is 16.2. The summed E-state index contributed by atoms with van der Waals surface area (Å²) in [6, 6.07) is 1.90. The van der Waals surface area contributed by atoms with E-state index < -0.39 is 0 Å². The summed E-state index contributed by atoms with van der Waals surface area (Å²) in [5.74, 6) is -0.373. The summed E-state index contributed by atoms with van der Waals surface area (Å²) in [5.41, 5.74) is 2.35. The Kier molecular flexibility index (Phi) is 4.10. The van der Waals surface area contributed by atoms with E-state index in [-0.39, 0.29) is 42.0 Å². The monoisotopic (exact) mass is 355 g/mol. The Bertz CT molecular complexity index is 890. The van der Waals surface area contributed by atoms with E-state index >= 15 is 0 Å². The topological polar surface area (TPSA) is 116 Å². The van der Waals surface area contributed by atoms with Crippen LogP contribution in [-0.2, 0) is 9.59 Å². The van der Waals surface area contributed by atoms with E-state index in [1.54, 1.807) is 6.20 Å². The van der Waals surface area contributed by atoms with Gasteiger partial charge in [-0.2, -0.15) is 0 Å². The Morgan fingerprint density at radius 2 is 2.23 bits per heavy atom. The molecule has 1 aliphatic carbocycles. The van der Waals surface area contributed by atoms with Gasteiger partial charge in [0, 0.05) is 43.3 Å². The number of aromatic nitrogens is 2. The van der Waals surface area contributed by atoms with Crippen LogP contribution in [0.1, 0.15) is 28.8 Å². The quantitative estimate of drug-likeness (QED) is 0.615. The van der Waals surface area contributed by atoms with Gasteiger partial charge < -0.3 is 20.9 Å². The lowest BCUT2D eigenvalue weighted by Crippen LogP contribution is -2.35. The third-order valence-corrected chi connectivity index (χ3v) is 5.13. The number of carbonyl (C=O) groups is 3. The standard InChI is InChI=1S/C18H21N5O3/c1-9-5-20-16-13(9)2-11(8-21-16)18(26)23-14-3-10(14)6-22-17(25)12-4-15(24)19-7-12/h2,5,8,10,12,14H,3-4,6-7H2,1H3,(H,19,24)(H,20,21)(H,22,25)(H,23,26)/t10-,12?,14-/m1/s1. The fourth-order valence-electron chi connectivity index (χ4n) is 3.33. The number of fused-ring (bicyclic) bond motifs is 1. The first-order valence-electron chi connectivity index (χ1n) is 8.80. The molecular weight excluding hydrogens is 334 g/mol. The lowest BCUT2D eigenvalue weighted by molar-refractivity contribution is -0.126. The van der Waals surface area contributed by atoms with Gasteiger partial charge >= 0.3 is 0 Å². The van der Waals surface area contributed by atoms with E-state index in [1.807, 2.05) is 19.2 Å². The molecule has 0 bridgehead atoms. The zero-order chi connectivity index (χ0) is 18.3. The average molecular weight is 355 g/mol. The van der Waals surface area contributed by atoms with Gasteiger partial charge in [0.2, 0.25) is 11.8 Å². The molecule has 136 valence electrons. The molecule has 1 unspecified atom stereocenters. The summed E-state index contributed by atoms with van der Waals surface area (Å²) in [6.45, 7) is 2.89. The Morgan fingerprint density at radius 1 is 1.38 bits per heavy atom. The molecule has 0 aromatic carbocycles. The molecule has 3 amide bonds. The maximum atomic E-state index is 12.4. The first-order chi connectivity index (χ1) is 12.5. The van der Waals surface area contributed by atoms with Crippen LogP contribution in [0.25, 0.3) is 11.0 Å². The molecule has 8 heteroatoms. The number of nitrogens with zero attached hydrogens (tertiary/aromatic N) is 1. The molecule has 4 N–H and O–H groups in total. The van der Waals surface area contributed by atoms with Crippen LogP contribution in [-0.4, -0.2) is 46.8 Å². The van der Waals surface area contributed by atoms with Crippen molar-refractivity contribution in [3.8, 4) is 0 Å². The van der Waals surface area contributed by atoms with Crippen LogP contribution in [0.3, 0.4) is 0 Å². The normalized spacial score (nSPS) is 24.3. The fourth-order valence-corrected chi connectivity index (χ4v) is 3.33. The molecule has 0 spiro atoms. The number of aryl methyl sites for hydroxylation is 1. The van der Waals surface area contributed by atoms with Gasteiger partial charge in [0.05, 0.1) is 11.5 Å². The predicted molar refractivity (Wildman–Crippen MR) is 94.3 cm³/mol. The minimum Gasteiger partial charge on any atom is -0.355 e. The van der Waals surface area contributed by atoms with E-state index in [4.69, 9.17) is 0 Å². The lowest BCUT2D eigenvalue weighted by atomic mass is 10.1. The van der Waals surface area contributed by atoms with Crippen molar-refractivity contribution in [3.63, 3.8) is 0 Å². The molecule has 2 fully saturated rings. The Hall–Kier alpha value is -2.90. The number of amides is 3. The smallest absolute Gasteiger partial charge is 0.253 e. The van der Waals surface area contributed by atoms with Gasteiger partial charge in [-0.15, -0.1) is 0 Å². The molecule has 4 rings (SSSR count). The number of pyridine rings is 1. The molecule has 2 aromatic rings. The van der Waals surface area contributed by atoms with Crippen molar-refractivity contribution in [1.29, 1.82) is 0 Å². The molecule has 1 saturated heterocycles. The average Bonchev–Trinajstić information content (AvgIpc) is 3.03. The van der Waals surface area contributed by atoms with Gasteiger partial charge in [0.1, 0.15) is 5.65 Å². The summed E-state index contributed by atoms with van der Waals surface area (Å²) >= 11 is 0. The SMILES string of the molecule is Cc1c[nH]c2ncc(C(=O)N[C@@H]3C[C@@H]3CNC(=O)C3CNC(=O)C3)cc12. The number of nitrogens with one attached hydrogen (secondary N) is 4. The zero-order valence-corrected chi connectivity index (χ0v) is 14.5. The third kappa shape index (κ3) is 3.26. The highest BCUT2D eigenvalue weighted by Gasteiger charge is 2.39. The van der Waals surface area contributed by atoms with Crippen LogP contribution in [0, 0.1) is 18.8 Å². The van der Waals surface area contributed by atoms with Crippen LogP contribution in [0.15, 0.2) is 18.5 Å². The number of hydrogen-bond donors (Lipinski definition) is 4. The van der Waals surface area contributed by atoms with Crippen molar-refractivity contribution in [2.75, 3.05) is 13.1 Å². The third-order valence-electron chi connectivity index (χ3n) is 5.13. The van der Waals surface area contributed by atoms with Gasteiger partial charge in [-0.1, -0.05) is 0 Å². The molecular formula is C18H21N5O3. The summed E-state index contributed by atoms with van der Waals surface area (Å²) in [7, 11) is 0. The predicted octanol–water partition coefficient (Wildman–Crippen LogP) is 0.242. The molecule has 1 aliphatic heterocycles. The maximum Gasteiger partial charge on any atom is 0.253 e. The number of rotatable bonds is 5. The summed E-state index contributed by atoms with van der Waals surface area (Å²) in [5, 5.41) is 9.47. The molecule has 1 saturated carbocycles. The van der Waals surface area contributed by atoms with Crippen molar-refractivity contribution < 1.29 is 14.4 Å². The van der Waals surface area contributed by atoms with Crippen molar-refractivity contribution in [3.05, 3.63) is 29.6 Å². The maximum absolute atomic E-state index is 12.4. The first-order valence-corrected chi connectivity index (χ1v) is 8.80. The van der Waals surface area contributed by atoms with Crippen molar-refractivity contribution in [2.24, 2.45) is 11.8 Å². The van der Waals surface area contributed by atoms with Gasteiger partial charge in [0.15, 0.2) is 0 Å². The lowest BCUT2D eigenvalue weighted by Gasteiger charge is -2.09. The van der Waals surface area contributed by atoms with Crippen LogP contribution < -0.4 is 16.0 Å². The Morgan fingerprint density at radius 3 is 3.00 bits per heavy atom. The van der Waals surface area contributed by atoms with E-state index in [2.05, 4.69) is 25.9 Å². The molecule has 26 heavy (non-hydrogen) atoms. The summed E-state index contributed by atoms with van der Waals surface area (Å²) in [6.07, 6.45) is 4.53. The second kappa shape index (κ2) is 6.44. The molecule has 3 heterocycles. The highest BCUT2D eigenvalue weighted by molar-refractivity contribution is 5.97. The van der Waals surface area contributed by atoms with Gasteiger partial charge in [-0.05, 0) is 30.9 Å². The van der Waals surface area contributed by atoms with Crippen LogP contribution in [0.5, 0.6) is 0 Å². The number of hydrogen-bond acceptors (Lipinski definition) is 4. The van der Waals surface area contributed by atoms with Crippen LogP contribution in [0.4, 0.5) is 0 Å². The molecule has 2 aromatic heterocycles. The van der Waals surface area contributed by atoms with E-state index in [0.717, 1.165) is 23.0 Å². The Labute approximate surface area is 150 Å². The van der Waals surface area contributed by atoms with E-state index in [0.29, 0.717) is 18.7 Å². The first kappa shape index (κ1) is 16.6. The highest BCUT2D eigenvalue weighted by Crippen LogP contribution is 2.30. The van der Waals surface area contributed by atoms with Crippen molar-refractivity contribution in [1.82, 2.24) is 25.9 Å². The summed E-state index contributed by atoms with van der Waals surface area (Å²) in [4.78, 5) is 42.9. The second-order valence-electron chi connectivity index (χ2n) is 7.12. The van der Waals surface area contributed by atoms with E-state index in [1.165, 1.54) is 0 Å². The van der Waals surface area contributed by atoms with Crippen LogP contribution in [0.2, 0.25) is 0 Å². The fraction of sp³-hybridized carbons (Fsp3) is 0.444. The molecule has 8 nitrogen and oxygen atoms in total.